The SMILES string of the molecule is COCC1CN(c2cc(C(C)=O)ccc2C#N)CCO1. The number of hydrogen-bond acceptors (Lipinski definition) is 5. The van der Waals surface area contributed by atoms with Crippen molar-refractivity contribution in [2.75, 3.05) is 38.3 Å². The number of hydrogen-bond donors (Lipinski definition) is 0. The largest absolute Gasteiger partial charge is 0.382 e. The molecule has 0 aromatic heterocycles. The first kappa shape index (κ1) is 14.5. The van der Waals surface area contributed by atoms with Gasteiger partial charge in [-0.3, -0.25) is 4.79 Å². The van der Waals surface area contributed by atoms with Gasteiger partial charge in [0.05, 0.1) is 30.6 Å². The molecule has 1 aromatic rings. The lowest BCUT2D eigenvalue weighted by Gasteiger charge is -2.34. The number of carbonyl (C=O) groups is 1. The summed E-state index contributed by atoms with van der Waals surface area (Å²) in [7, 11) is 1.64. The summed E-state index contributed by atoms with van der Waals surface area (Å²) in [5.41, 5.74) is 1.99. The third-order valence-electron chi connectivity index (χ3n) is 3.36. The van der Waals surface area contributed by atoms with Gasteiger partial charge in [0.2, 0.25) is 0 Å². The highest BCUT2D eigenvalue weighted by Gasteiger charge is 2.23. The van der Waals surface area contributed by atoms with Gasteiger partial charge in [-0.05, 0) is 25.1 Å². The Kier molecular flexibility index (Phi) is 4.72. The second-order valence-corrected chi connectivity index (χ2v) is 4.79. The van der Waals surface area contributed by atoms with Crippen molar-refractivity contribution in [3.05, 3.63) is 29.3 Å². The van der Waals surface area contributed by atoms with E-state index < -0.39 is 0 Å². The molecule has 1 saturated heterocycles. The minimum atomic E-state index is -0.0127. The van der Waals surface area contributed by atoms with Crippen molar-refractivity contribution < 1.29 is 14.3 Å². The van der Waals surface area contributed by atoms with E-state index in [1.807, 2.05) is 0 Å². The highest BCUT2D eigenvalue weighted by molar-refractivity contribution is 5.95. The molecule has 1 unspecified atom stereocenters. The van der Waals surface area contributed by atoms with Crippen molar-refractivity contribution in [3.8, 4) is 6.07 Å². The molecule has 2 rings (SSSR count). The number of benzene rings is 1. The lowest BCUT2D eigenvalue weighted by atomic mass is 10.1. The van der Waals surface area contributed by atoms with E-state index in [9.17, 15) is 10.1 Å². The highest BCUT2D eigenvalue weighted by atomic mass is 16.5. The number of nitriles is 1. The number of anilines is 1. The van der Waals surface area contributed by atoms with Crippen LogP contribution in [0.3, 0.4) is 0 Å². The maximum absolute atomic E-state index is 11.5. The minimum Gasteiger partial charge on any atom is -0.382 e. The first-order chi connectivity index (χ1) is 9.65. The summed E-state index contributed by atoms with van der Waals surface area (Å²) in [5, 5.41) is 9.23. The Morgan fingerprint density at radius 1 is 1.60 bits per heavy atom. The van der Waals surface area contributed by atoms with E-state index in [-0.39, 0.29) is 11.9 Å². The Bertz CT molecular complexity index is 534. The van der Waals surface area contributed by atoms with E-state index in [0.717, 1.165) is 5.69 Å². The van der Waals surface area contributed by atoms with E-state index in [1.54, 1.807) is 25.3 Å². The van der Waals surface area contributed by atoms with Crippen molar-refractivity contribution in [3.63, 3.8) is 0 Å². The van der Waals surface area contributed by atoms with Gasteiger partial charge in [-0.25, -0.2) is 0 Å². The summed E-state index contributed by atoms with van der Waals surface area (Å²) in [5.74, 6) is -0.00237. The van der Waals surface area contributed by atoms with Crippen LogP contribution in [-0.4, -0.2) is 45.3 Å². The van der Waals surface area contributed by atoms with Crippen LogP contribution >= 0.6 is 0 Å². The molecule has 0 amide bonds. The number of carbonyl (C=O) groups excluding carboxylic acids is 1. The number of ether oxygens (including phenoxy) is 2. The summed E-state index contributed by atoms with van der Waals surface area (Å²) in [6.45, 7) is 3.99. The van der Waals surface area contributed by atoms with Gasteiger partial charge in [0, 0.05) is 25.8 Å². The monoisotopic (exact) mass is 274 g/mol. The first-order valence-electron chi connectivity index (χ1n) is 6.56. The maximum Gasteiger partial charge on any atom is 0.159 e. The molecule has 1 fully saturated rings. The Morgan fingerprint density at radius 2 is 2.40 bits per heavy atom. The molecule has 0 N–H and O–H groups in total. The second-order valence-electron chi connectivity index (χ2n) is 4.79. The van der Waals surface area contributed by atoms with Crippen molar-refractivity contribution in [1.82, 2.24) is 0 Å². The van der Waals surface area contributed by atoms with Crippen LogP contribution in [0, 0.1) is 11.3 Å². The molecule has 20 heavy (non-hydrogen) atoms. The normalized spacial score (nSPS) is 18.6. The summed E-state index contributed by atoms with van der Waals surface area (Å²) in [6, 6.07) is 7.36. The number of morpholine rings is 1. The average molecular weight is 274 g/mol. The molecule has 1 atom stereocenters. The van der Waals surface area contributed by atoms with Gasteiger partial charge in [0.15, 0.2) is 5.78 Å². The van der Waals surface area contributed by atoms with Crippen LogP contribution in [0.2, 0.25) is 0 Å². The molecule has 1 aliphatic heterocycles. The van der Waals surface area contributed by atoms with Gasteiger partial charge in [-0.15, -0.1) is 0 Å². The third-order valence-corrected chi connectivity index (χ3v) is 3.36. The lowest BCUT2D eigenvalue weighted by molar-refractivity contribution is -0.0100. The van der Waals surface area contributed by atoms with Gasteiger partial charge >= 0.3 is 0 Å². The standard InChI is InChI=1S/C15H18N2O3/c1-11(18)12-3-4-13(8-16)15(7-12)17-5-6-20-14(9-17)10-19-2/h3-4,7,14H,5-6,9-10H2,1-2H3. The molecule has 1 aromatic carbocycles. The maximum atomic E-state index is 11.5. The van der Waals surface area contributed by atoms with Gasteiger partial charge < -0.3 is 14.4 Å². The van der Waals surface area contributed by atoms with E-state index in [4.69, 9.17) is 9.47 Å². The quantitative estimate of drug-likeness (QED) is 0.781. The zero-order chi connectivity index (χ0) is 14.5. The van der Waals surface area contributed by atoms with Crippen LogP contribution in [0.25, 0.3) is 0 Å². The third kappa shape index (κ3) is 3.16. The van der Waals surface area contributed by atoms with Crippen LogP contribution in [0.15, 0.2) is 18.2 Å². The van der Waals surface area contributed by atoms with Crippen LogP contribution in [0.1, 0.15) is 22.8 Å². The Hall–Kier alpha value is -1.90. The van der Waals surface area contributed by atoms with Gasteiger partial charge in [0.1, 0.15) is 6.07 Å². The zero-order valence-corrected chi connectivity index (χ0v) is 11.8. The Labute approximate surface area is 118 Å². The van der Waals surface area contributed by atoms with Crippen molar-refractivity contribution in [2.45, 2.75) is 13.0 Å². The fourth-order valence-corrected chi connectivity index (χ4v) is 2.33. The average Bonchev–Trinajstić information content (AvgIpc) is 2.47. The Morgan fingerprint density at radius 3 is 3.05 bits per heavy atom. The highest BCUT2D eigenvalue weighted by Crippen LogP contribution is 2.24. The van der Waals surface area contributed by atoms with Gasteiger partial charge in [-0.2, -0.15) is 5.26 Å². The topological polar surface area (TPSA) is 62.6 Å². The summed E-state index contributed by atoms with van der Waals surface area (Å²) < 4.78 is 10.7. The molecule has 106 valence electrons. The molecule has 5 nitrogen and oxygen atoms in total. The molecule has 0 bridgehead atoms. The molecular weight excluding hydrogens is 256 g/mol. The van der Waals surface area contributed by atoms with Crippen molar-refractivity contribution in [1.29, 1.82) is 5.26 Å². The van der Waals surface area contributed by atoms with Crippen LogP contribution in [-0.2, 0) is 9.47 Å². The summed E-state index contributed by atoms with van der Waals surface area (Å²) >= 11 is 0. The molecule has 5 heteroatoms. The van der Waals surface area contributed by atoms with Crippen molar-refractivity contribution in [2.24, 2.45) is 0 Å². The number of methoxy groups -OCH3 is 1. The fraction of sp³-hybridized carbons (Fsp3) is 0.467. The van der Waals surface area contributed by atoms with Crippen LogP contribution in [0.4, 0.5) is 5.69 Å². The summed E-state index contributed by atoms with van der Waals surface area (Å²) in [6.07, 6.45) is -0.0127. The summed E-state index contributed by atoms with van der Waals surface area (Å²) in [4.78, 5) is 13.6. The van der Waals surface area contributed by atoms with Gasteiger partial charge in [-0.1, -0.05) is 0 Å². The molecule has 0 saturated carbocycles. The molecule has 0 radical (unpaired) electrons. The predicted molar refractivity (Wildman–Crippen MR) is 75.0 cm³/mol. The van der Waals surface area contributed by atoms with E-state index >= 15 is 0 Å². The van der Waals surface area contributed by atoms with Crippen LogP contribution in [0.5, 0.6) is 0 Å². The number of Topliss-reactive ketones (excluding diaryl/α,β-unsaturated/α-hetero) is 1. The first-order valence-corrected chi connectivity index (χ1v) is 6.56. The number of ketones is 1. The molecule has 1 aliphatic rings. The zero-order valence-electron chi connectivity index (χ0n) is 11.8. The van der Waals surface area contributed by atoms with Gasteiger partial charge in [0.25, 0.3) is 0 Å². The van der Waals surface area contributed by atoms with Crippen molar-refractivity contribution >= 4 is 11.5 Å². The molecule has 0 aliphatic carbocycles. The fourth-order valence-electron chi connectivity index (χ4n) is 2.33. The smallest absolute Gasteiger partial charge is 0.159 e. The lowest BCUT2D eigenvalue weighted by Crippen LogP contribution is -2.44. The number of nitrogens with zero attached hydrogens (tertiary/aromatic N) is 2. The van der Waals surface area contributed by atoms with Crippen LogP contribution < -0.4 is 4.90 Å². The number of rotatable bonds is 4. The molecule has 0 spiro atoms. The predicted octanol–water partition coefficient (Wildman–Crippen LogP) is 1.61. The second kappa shape index (κ2) is 6.51. The minimum absolute atomic E-state index is 0.00237. The van der Waals surface area contributed by atoms with E-state index in [2.05, 4.69) is 11.0 Å². The van der Waals surface area contributed by atoms with E-state index in [0.29, 0.717) is 37.4 Å². The molecule has 1 heterocycles. The van der Waals surface area contributed by atoms with E-state index in [1.165, 1.54) is 6.92 Å². The Balaban J connectivity index is 2.28. The molecular formula is C15H18N2O3.